The van der Waals surface area contributed by atoms with E-state index in [2.05, 4.69) is 20.8 Å². The maximum atomic E-state index is 12.7. The number of β-amino-alcohol motifs (C(OH)–C–C–N with tert-alkyl or cyclic N) is 1. The highest BCUT2D eigenvalue weighted by Gasteiger charge is 2.28. The highest BCUT2D eigenvalue weighted by atomic mass is 16.3. The number of carbonyl (C=O) groups excluding carboxylic acids is 1. The normalized spacial score (nSPS) is 19.1. The summed E-state index contributed by atoms with van der Waals surface area (Å²) in [4.78, 5) is 14.4. The van der Waals surface area contributed by atoms with Gasteiger partial charge in [-0.1, -0.05) is 0 Å². The van der Waals surface area contributed by atoms with Gasteiger partial charge in [-0.05, 0) is 68.9 Å². The van der Waals surface area contributed by atoms with Gasteiger partial charge in [-0.2, -0.15) is 0 Å². The van der Waals surface area contributed by atoms with Gasteiger partial charge in [-0.3, -0.25) is 4.79 Å². The monoisotopic (exact) mass is 261 g/mol. The van der Waals surface area contributed by atoms with Crippen LogP contribution >= 0.6 is 0 Å². The smallest absolute Gasteiger partial charge is 0.254 e. The van der Waals surface area contributed by atoms with Gasteiger partial charge >= 0.3 is 0 Å². The van der Waals surface area contributed by atoms with E-state index >= 15 is 0 Å². The van der Waals surface area contributed by atoms with Crippen molar-refractivity contribution in [1.29, 1.82) is 0 Å². The molecule has 1 amide bonds. The number of amides is 1. The van der Waals surface area contributed by atoms with Gasteiger partial charge < -0.3 is 10.0 Å². The van der Waals surface area contributed by atoms with Crippen molar-refractivity contribution in [2.75, 3.05) is 13.1 Å². The molecule has 3 nitrogen and oxygen atoms in total. The SMILES string of the molecule is Cc1c(C)c(C)c(C(=O)N2CC[C@H](O)C2)c(C)c1C. The van der Waals surface area contributed by atoms with Crippen molar-refractivity contribution in [3.8, 4) is 0 Å². The molecule has 0 unspecified atom stereocenters. The van der Waals surface area contributed by atoms with E-state index in [4.69, 9.17) is 0 Å². The van der Waals surface area contributed by atoms with Crippen LogP contribution in [0.3, 0.4) is 0 Å². The summed E-state index contributed by atoms with van der Waals surface area (Å²) in [6.07, 6.45) is 0.324. The Kier molecular flexibility index (Phi) is 3.68. The van der Waals surface area contributed by atoms with E-state index in [1.807, 2.05) is 13.8 Å². The number of aliphatic hydroxyl groups is 1. The molecule has 2 rings (SSSR count). The minimum absolute atomic E-state index is 0.0674. The molecule has 1 N–H and O–H groups in total. The van der Waals surface area contributed by atoms with Crippen molar-refractivity contribution >= 4 is 5.91 Å². The predicted molar refractivity (Wildman–Crippen MR) is 76.7 cm³/mol. The first-order chi connectivity index (χ1) is 8.84. The quantitative estimate of drug-likeness (QED) is 0.843. The van der Waals surface area contributed by atoms with Crippen LogP contribution in [0.2, 0.25) is 0 Å². The lowest BCUT2D eigenvalue weighted by Crippen LogP contribution is -2.31. The summed E-state index contributed by atoms with van der Waals surface area (Å²) in [6.45, 7) is 11.4. The van der Waals surface area contributed by atoms with Gasteiger partial charge in [-0.25, -0.2) is 0 Å². The maximum Gasteiger partial charge on any atom is 0.254 e. The van der Waals surface area contributed by atoms with Crippen molar-refractivity contribution in [2.24, 2.45) is 0 Å². The Hall–Kier alpha value is -1.35. The molecule has 1 saturated heterocycles. The number of aliphatic hydroxyl groups excluding tert-OH is 1. The second-order valence-electron chi connectivity index (χ2n) is 5.69. The Labute approximate surface area is 115 Å². The highest BCUT2D eigenvalue weighted by molar-refractivity contribution is 5.98. The summed E-state index contributed by atoms with van der Waals surface area (Å²) >= 11 is 0. The third-order valence-corrected chi connectivity index (χ3v) is 4.66. The molecule has 1 aromatic carbocycles. The van der Waals surface area contributed by atoms with Crippen LogP contribution in [0.4, 0.5) is 0 Å². The second-order valence-corrected chi connectivity index (χ2v) is 5.69. The molecule has 0 aromatic heterocycles. The summed E-state index contributed by atoms with van der Waals surface area (Å²) in [5.74, 6) is 0.0674. The van der Waals surface area contributed by atoms with Crippen LogP contribution in [-0.4, -0.2) is 35.1 Å². The lowest BCUT2D eigenvalue weighted by Gasteiger charge is -2.22. The molecule has 1 aromatic rings. The molecule has 0 aliphatic carbocycles. The van der Waals surface area contributed by atoms with Gasteiger partial charge in [0.2, 0.25) is 0 Å². The standard InChI is InChI=1S/C16H23NO2/c1-9-10(2)12(4)15(13(5)11(9)3)16(19)17-7-6-14(18)8-17/h14,18H,6-8H2,1-5H3/t14-/m0/s1. The van der Waals surface area contributed by atoms with Gasteiger partial charge in [0.1, 0.15) is 0 Å². The zero-order chi connectivity index (χ0) is 14.3. The zero-order valence-corrected chi connectivity index (χ0v) is 12.5. The minimum Gasteiger partial charge on any atom is -0.391 e. The predicted octanol–water partition coefficient (Wildman–Crippen LogP) is 2.44. The van der Waals surface area contributed by atoms with Gasteiger partial charge in [0, 0.05) is 18.7 Å². The molecule has 1 aliphatic heterocycles. The molecule has 1 heterocycles. The molecule has 0 radical (unpaired) electrons. The second kappa shape index (κ2) is 4.97. The summed E-state index contributed by atoms with van der Waals surface area (Å²) in [5.41, 5.74) is 6.65. The zero-order valence-electron chi connectivity index (χ0n) is 12.5. The van der Waals surface area contributed by atoms with Crippen molar-refractivity contribution in [3.63, 3.8) is 0 Å². The van der Waals surface area contributed by atoms with Gasteiger partial charge in [-0.15, -0.1) is 0 Å². The highest BCUT2D eigenvalue weighted by Crippen LogP contribution is 2.28. The molecular weight excluding hydrogens is 238 g/mol. The van der Waals surface area contributed by atoms with Crippen LogP contribution in [-0.2, 0) is 0 Å². The molecule has 0 saturated carbocycles. The minimum atomic E-state index is -0.364. The molecular formula is C16H23NO2. The molecule has 0 bridgehead atoms. The fourth-order valence-corrected chi connectivity index (χ4v) is 2.91. The van der Waals surface area contributed by atoms with Crippen LogP contribution in [0.15, 0.2) is 0 Å². The van der Waals surface area contributed by atoms with Crippen LogP contribution in [0, 0.1) is 34.6 Å². The number of rotatable bonds is 1. The van der Waals surface area contributed by atoms with Crippen molar-refractivity contribution in [2.45, 2.75) is 47.1 Å². The number of hydrogen-bond donors (Lipinski definition) is 1. The lowest BCUT2D eigenvalue weighted by atomic mass is 9.89. The molecule has 1 atom stereocenters. The number of carbonyl (C=O) groups is 1. The van der Waals surface area contributed by atoms with E-state index < -0.39 is 0 Å². The number of benzene rings is 1. The van der Waals surface area contributed by atoms with E-state index in [1.165, 1.54) is 16.7 Å². The summed E-state index contributed by atoms with van der Waals surface area (Å²) < 4.78 is 0. The summed E-state index contributed by atoms with van der Waals surface area (Å²) in [5, 5.41) is 9.59. The van der Waals surface area contributed by atoms with Gasteiger partial charge in [0.15, 0.2) is 0 Å². The number of nitrogens with zero attached hydrogens (tertiary/aromatic N) is 1. The summed E-state index contributed by atoms with van der Waals surface area (Å²) in [6, 6.07) is 0. The van der Waals surface area contributed by atoms with Gasteiger partial charge in [0.05, 0.1) is 6.10 Å². The molecule has 19 heavy (non-hydrogen) atoms. The van der Waals surface area contributed by atoms with E-state index in [9.17, 15) is 9.90 Å². The number of likely N-dealkylation sites (tertiary alicyclic amines) is 1. The average Bonchev–Trinajstić information content (AvgIpc) is 2.81. The fourth-order valence-electron chi connectivity index (χ4n) is 2.91. The van der Waals surface area contributed by atoms with Crippen LogP contribution in [0.25, 0.3) is 0 Å². The Balaban J connectivity index is 2.48. The first-order valence-electron chi connectivity index (χ1n) is 6.88. The van der Waals surface area contributed by atoms with Crippen LogP contribution < -0.4 is 0 Å². The van der Waals surface area contributed by atoms with Gasteiger partial charge in [0.25, 0.3) is 5.91 Å². The lowest BCUT2D eigenvalue weighted by molar-refractivity contribution is 0.0763. The third-order valence-electron chi connectivity index (χ3n) is 4.66. The maximum absolute atomic E-state index is 12.7. The van der Waals surface area contributed by atoms with E-state index in [0.29, 0.717) is 19.5 Å². The molecule has 1 fully saturated rings. The Morgan fingerprint density at radius 3 is 1.89 bits per heavy atom. The molecule has 3 heteroatoms. The first-order valence-corrected chi connectivity index (χ1v) is 6.88. The first kappa shape index (κ1) is 14.1. The van der Waals surface area contributed by atoms with Crippen molar-refractivity contribution in [1.82, 2.24) is 4.90 Å². The molecule has 0 spiro atoms. The van der Waals surface area contributed by atoms with Crippen LogP contribution in [0.5, 0.6) is 0 Å². The number of hydrogen-bond acceptors (Lipinski definition) is 2. The Morgan fingerprint density at radius 1 is 1.00 bits per heavy atom. The molecule has 1 aliphatic rings. The summed E-state index contributed by atoms with van der Waals surface area (Å²) in [7, 11) is 0. The van der Waals surface area contributed by atoms with E-state index in [0.717, 1.165) is 16.7 Å². The molecule has 104 valence electrons. The van der Waals surface area contributed by atoms with Crippen molar-refractivity contribution < 1.29 is 9.90 Å². The topological polar surface area (TPSA) is 40.5 Å². The Morgan fingerprint density at radius 2 is 1.47 bits per heavy atom. The average molecular weight is 261 g/mol. The van der Waals surface area contributed by atoms with Crippen molar-refractivity contribution in [3.05, 3.63) is 33.4 Å². The van der Waals surface area contributed by atoms with E-state index in [1.54, 1.807) is 4.90 Å². The third kappa shape index (κ3) is 2.27. The van der Waals surface area contributed by atoms with E-state index in [-0.39, 0.29) is 12.0 Å². The Bertz CT molecular complexity index is 505. The fraction of sp³-hybridized carbons (Fsp3) is 0.562. The largest absolute Gasteiger partial charge is 0.391 e. The van der Waals surface area contributed by atoms with Crippen LogP contribution in [0.1, 0.15) is 44.6 Å².